The van der Waals surface area contributed by atoms with Crippen molar-refractivity contribution >= 4 is 40.8 Å². The number of amides is 3. The molecule has 0 bridgehead atoms. The molecule has 10 nitrogen and oxygen atoms in total. The number of carbonyl (C=O) groups is 2. The first-order valence-corrected chi connectivity index (χ1v) is 14.2. The Balaban J connectivity index is 1.39. The number of alkyl halides is 3. The number of urea groups is 1. The molecule has 3 aromatic rings. The third-order valence-electron chi connectivity index (χ3n) is 7.91. The average molecular weight is 609 g/mol. The minimum absolute atomic E-state index is 0.0697. The predicted octanol–water partition coefficient (Wildman–Crippen LogP) is 5.27. The maximum atomic E-state index is 14.0. The monoisotopic (exact) mass is 608 g/mol. The number of carbonyl (C=O) groups excluding carboxylic acids is 2. The Morgan fingerprint density at radius 1 is 1.16 bits per heavy atom. The second kappa shape index (κ2) is 12.2. The summed E-state index contributed by atoms with van der Waals surface area (Å²) in [6.07, 6.45) is -1.18. The first kappa shape index (κ1) is 30.8. The van der Waals surface area contributed by atoms with Gasteiger partial charge in [-0.1, -0.05) is 24.8 Å². The van der Waals surface area contributed by atoms with Crippen molar-refractivity contribution < 1.29 is 22.8 Å². The molecule has 0 radical (unpaired) electrons. The highest BCUT2D eigenvalue weighted by atomic mass is 19.4. The fourth-order valence-electron chi connectivity index (χ4n) is 5.62. The van der Waals surface area contributed by atoms with Gasteiger partial charge in [0.15, 0.2) is 0 Å². The van der Waals surface area contributed by atoms with Crippen molar-refractivity contribution in [1.82, 2.24) is 19.8 Å². The number of nitrogens with zero attached hydrogens (tertiary/aromatic N) is 7. The van der Waals surface area contributed by atoms with Crippen LogP contribution in [0, 0.1) is 0 Å². The average Bonchev–Trinajstić information content (AvgIpc) is 3.00. The molecule has 5 rings (SSSR count). The lowest BCUT2D eigenvalue weighted by Gasteiger charge is -2.43. The molecule has 2 aliphatic rings. The number of rotatable bonds is 8. The number of hydrogen-bond donors (Lipinski definition) is 1. The van der Waals surface area contributed by atoms with E-state index in [-0.39, 0.29) is 41.8 Å². The van der Waals surface area contributed by atoms with E-state index < -0.39 is 11.7 Å². The molecule has 2 aliphatic heterocycles. The quantitative estimate of drug-likeness (QED) is 0.349. The Kier molecular flexibility index (Phi) is 8.51. The van der Waals surface area contributed by atoms with Crippen LogP contribution in [0.25, 0.3) is 0 Å². The zero-order valence-electron chi connectivity index (χ0n) is 25.1. The summed E-state index contributed by atoms with van der Waals surface area (Å²) < 4.78 is 42.1. The predicted molar refractivity (Wildman–Crippen MR) is 164 cm³/mol. The van der Waals surface area contributed by atoms with Gasteiger partial charge in [-0.2, -0.15) is 18.2 Å². The molecule has 44 heavy (non-hydrogen) atoms. The lowest BCUT2D eigenvalue weighted by molar-refractivity contribution is -0.137. The van der Waals surface area contributed by atoms with Gasteiger partial charge in [0.1, 0.15) is 5.82 Å². The minimum Gasteiger partial charge on any atom is -0.373 e. The van der Waals surface area contributed by atoms with E-state index >= 15 is 0 Å². The lowest BCUT2D eigenvalue weighted by Crippen LogP contribution is -2.49. The summed E-state index contributed by atoms with van der Waals surface area (Å²) in [4.78, 5) is 43.2. The summed E-state index contributed by atoms with van der Waals surface area (Å²) in [6.45, 7) is 5.28. The number of halogens is 3. The number of nitrogens with one attached hydrogen (secondary N) is 1. The van der Waals surface area contributed by atoms with E-state index in [1.807, 2.05) is 43.3 Å². The highest BCUT2D eigenvalue weighted by Gasteiger charge is 2.39. The molecule has 3 heterocycles. The molecule has 232 valence electrons. The molecule has 0 spiro atoms. The molecular formula is C31H35F3N8O2. The molecule has 0 saturated heterocycles. The van der Waals surface area contributed by atoms with Crippen LogP contribution in [-0.4, -0.2) is 79.5 Å². The van der Waals surface area contributed by atoms with Crippen molar-refractivity contribution in [3.05, 3.63) is 78.0 Å². The highest BCUT2D eigenvalue weighted by molar-refractivity contribution is 6.02. The van der Waals surface area contributed by atoms with Crippen molar-refractivity contribution in [2.45, 2.75) is 25.2 Å². The number of para-hydroxylation sites is 1. The lowest BCUT2D eigenvalue weighted by atomic mass is 9.94. The van der Waals surface area contributed by atoms with E-state index in [0.29, 0.717) is 37.4 Å². The standard InChI is InChI=1S/C31H35F3N8O2/c1-6-27(43)41-14-13-25(22-9-7-8-10-24(22)41)42-19-20-18-35-29(37-28(20)40(5)30(42)44)36-21-11-12-26(23(17-21)31(32,33)34)39(4)16-15-38(2)3/h6-12,17-18,25H,1,13-16,19H2,2-5H3,(H,35,36,37). The largest absolute Gasteiger partial charge is 0.418 e. The van der Waals surface area contributed by atoms with E-state index in [4.69, 9.17) is 0 Å². The molecule has 1 N–H and O–H groups in total. The third kappa shape index (κ3) is 6.05. The molecule has 1 atom stereocenters. The summed E-state index contributed by atoms with van der Waals surface area (Å²) in [5, 5.41) is 2.88. The Bertz CT molecular complexity index is 1580. The van der Waals surface area contributed by atoms with Gasteiger partial charge in [-0.3, -0.25) is 9.69 Å². The Labute approximate surface area is 254 Å². The molecule has 2 aromatic carbocycles. The summed E-state index contributed by atoms with van der Waals surface area (Å²) in [6, 6.07) is 11.0. The normalized spacial score (nSPS) is 16.5. The SMILES string of the molecule is C=CC(=O)N1CCC(N2Cc3cnc(Nc4ccc(N(C)CCN(C)C)c(C(F)(F)F)c4)nc3N(C)C2=O)c2ccccc21. The first-order chi connectivity index (χ1) is 20.9. The van der Waals surface area contributed by atoms with Gasteiger partial charge >= 0.3 is 12.2 Å². The van der Waals surface area contributed by atoms with Crippen LogP contribution in [0.1, 0.15) is 29.2 Å². The van der Waals surface area contributed by atoms with Crippen LogP contribution in [0.5, 0.6) is 0 Å². The molecule has 0 saturated carbocycles. The van der Waals surface area contributed by atoms with Crippen molar-refractivity contribution in [1.29, 1.82) is 0 Å². The Hall–Kier alpha value is -4.65. The van der Waals surface area contributed by atoms with Gasteiger partial charge in [0, 0.05) is 62.6 Å². The maximum Gasteiger partial charge on any atom is 0.418 e. The number of likely N-dealkylation sites (N-methyl/N-ethyl adjacent to an activating group) is 2. The van der Waals surface area contributed by atoms with Gasteiger partial charge in [0.05, 0.1) is 18.2 Å². The Morgan fingerprint density at radius 3 is 2.61 bits per heavy atom. The van der Waals surface area contributed by atoms with E-state index in [2.05, 4.69) is 21.9 Å². The van der Waals surface area contributed by atoms with Crippen molar-refractivity contribution in [3.8, 4) is 0 Å². The number of hydrogen-bond acceptors (Lipinski definition) is 7. The summed E-state index contributed by atoms with van der Waals surface area (Å²) in [5.74, 6) is 0.234. The van der Waals surface area contributed by atoms with Crippen LogP contribution in [0.4, 0.5) is 46.8 Å². The van der Waals surface area contributed by atoms with Gasteiger partial charge in [0.25, 0.3) is 0 Å². The molecule has 1 aromatic heterocycles. The topological polar surface area (TPSA) is 88.2 Å². The second-order valence-corrected chi connectivity index (χ2v) is 11.1. The van der Waals surface area contributed by atoms with Crippen LogP contribution < -0.4 is 20.0 Å². The number of aromatic nitrogens is 2. The zero-order valence-corrected chi connectivity index (χ0v) is 25.1. The second-order valence-electron chi connectivity index (χ2n) is 11.1. The van der Waals surface area contributed by atoms with E-state index in [1.54, 1.807) is 41.1 Å². The molecule has 0 fully saturated rings. The van der Waals surface area contributed by atoms with Crippen molar-refractivity contribution in [2.75, 3.05) is 67.8 Å². The van der Waals surface area contributed by atoms with E-state index in [1.165, 1.54) is 17.0 Å². The van der Waals surface area contributed by atoms with Crippen molar-refractivity contribution in [3.63, 3.8) is 0 Å². The summed E-state index contributed by atoms with van der Waals surface area (Å²) in [5.41, 5.74) is 1.75. The molecular weight excluding hydrogens is 573 g/mol. The van der Waals surface area contributed by atoms with Gasteiger partial charge in [-0.25, -0.2) is 9.78 Å². The van der Waals surface area contributed by atoms with Gasteiger partial charge < -0.3 is 24.9 Å². The maximum absolute atomic E-state index is 14.0. The summed E-state index contributed by atoms with van der Waals surface area (Å²) in [7, 11) is 6.96. The number of fused-ring (bicyclic) bond motifs is 2. The molecule has 0 aliphatic carbocycles. The fraction of sp³-hybridized carbons (Fsp3) is 0.355. The number of anilines is 5. The van der Waals surface area contributed by atoms with Gasteiger partial charge in [-0.05, 0) is 56.4 Å². The molecule has 13 heteroatoms. The van der Waals surface area contributed by atoms with Crippen LogP contribution in [-0.2, 0) is 17.5 Å². The minimum atomic E-state index is -4.57. The van der Waals surface area contributed by atoms with E-state index in [9.17, 15) is 22.8 Å². The molecule has 1 unspecified atom stereocenters. The van der Waals surface area contributed by atoms with Crippen LogP contribution >= 0.6 is 0 Å². The fourth-order valence-corrected chi connectivity index (χ4v) is 5.62. The van der Waals surface area contributed by atoms with Gasteiger partial charge in [-0.15, -0.1) is 0 Å². The number of benzene rings is 2. The first-order valence-electron chi connectivity index (χ1n) is 14.2. The summed E-state index contributed by atoms with van der Waals surface area (Å²) >= 11 is 0. The van der Waals surface area contributed by atoms with Crippen molar-refractivity contribution in [2.24, 2.45) is 0 Å². The van der Waals surface area contributed by atoms with Crippen LogP contribution in [0.3, 0.4) is 0 Å². The van der Waals surface area contributed by atoms with Gasteiger partial charge in [0.2, 0.25) is 11.9 Å². The van der Waals surface area contributed by atoms with Crippen LogP contribution in [0.2, 0.25) is 0 Å². The molecule has 3 amide bonds. The smallest absolute Gasteiger partial charge is 0.373 e. The Morgan fingerprint density at radius 2 is 1.91 bits per heavy atom. The zero-order chi connectivity index (χ0) is 31.8. The van der Waals surface area contributed by atoms with E-state index in [0.717, 1.165) is 17.3 Å². The third-order valence-corrected chi connectivity index (χ3v) is 7.91. The van der Waals surface area contributed by atoms with Crippen LogP contribution in [0.15, 0.2) is 61.3 Å². The highest BCUT2D eigenvalue weighted by Crippen LogP contribution is 2.42.